The van der Waals surface area contributed by atoms with Gasteiger partial charge in [0.15, 0.2) is 0 Å². The van der Waals surface area contributed by atoms with E-state index in [1.165, 1.54) is 0 Å². The van der Waals surface area contributed by atoms with Gasteiger partial charge in [0.1, 0.15) is 23.2 Å². The van der Waals surface area contributed by atoms with E-state index in [1.54, 1.807) is 6.20 Å². The van der Waals surface area contributed by atoms with E-state index in [0.29, 0.717) is 37.1 Å². The Morgan fingerprint density at radius 1 is 1.19 bits per heavy atom. The molecule has 0 fully saturated rings. The van der Waals surface area contributed by atoms with Crippen LogP contribution < -0.4 is 16.0 Å². The minimum atomic E-state index is -0.107. The molecule has 26 heavy (non-hydrogen) atoms. The van der Waals surface area contributed by atoms with Crippen LogP contribution in [0.1, 0.15) is 41.3 Å². The van der Waals surface area contributed by atoms with Crippen molar-refractivity contribution in [2.24, 2.45) is 5.92 Å². The summed E-state index contributed by atoms with van der Waals surface area (Å²) in [5.41, 5.74) is 2.54. The van der Waals surface area contributed by atoms with Crippen LogP contribution in [-0.2, 0) is 12.8 Å². The van der Waals surface area contributed by atoms with Crippen molar-refractivity contribution in [1.29, 1.82) is 0 Å². The average molecular weight is 354 g/mol. The van der Waals surface area contributed by atoms with Crippen molar-refractivity contribution in [2.45, 2.75) is 33.6 Å². The van der Waals surface area contributed by atoms with Gasteiger partial charge in [0.2, 0.25) is 0 Å². The van der Waals surface area contributed by atoms with Crippen LogP contribution in [0.3, 0.4) is 0 Å². The van der Waals surface area contributed by atoms with Gasteiger partial charge in [-0.15, -0.1) is 0 Å². The molecule has 0 aromatic carbocycles. The maximum absolute atomic E-state index is 12.2. The van der Waals surface area contributed by atoms with Crippen LogP contribution in [0.4, 0.5) is 11.6 Å². The third-order valence-electron chi connectivity index (χ3n) is 4.24. The fourth-order valence-electron chi connectivity index (χ4n) is 2.97. The Hall–Kier alpha value is -2.70. The highest BCUT2D eigenvalue weighted by Gasteiger charge is 2.23. The molecule has 0 aliphatic carbocycles. The second kappa shape index (κ2) is 8.12. The van der Waals surface area contributed by atoms with Crippen molar-refractivity contribution in [3.05, 3.63) is 41.0 Å². The molecule has 0 bridgehead atoms. The number of nitrogens with zero attached hydrogens (tertiary/aromatic N) is 3. The molecule has 0 radical (unpaired) electrons. The summed E-state index contributed by atoms with van der Waals surface area (Å²) < 4.78 is 0. The predicted molar refractivity (Wildman–Crippen MR) is 103 cm³/mol. The lowest BCUT2D eigenvalue weighted by atomic mass is 10.0. The summed E-state index contributed by atoms with van der Waals surface area (Å²) >= 11 is 0. The molecule has 3 heterocycles. The largest absolute Gasteiger partial charge is 0.368 e. The number of hydrogen-bond donors (Lipinski definition) is 3. The van der Waals surface area contributed by atoms with E-state index in [0.717, 1.165) is 35.6 Å². The van der Waals surface area contributed by atoms with Gasteiger partial charge < -0.3 is 16.0 Å². The number of nitrogens with one attached hydrogen (secondary N) is 3. The molecule has 2 aromatic rings. The number of fused-ring (bicyclic) bond motifs is 1. The maximum Gasteiger partial charge on any atom is 0.270 e. The van der Waals surface area contributed by atoms with E-state index >= 15 is 0 Å². The summed E-state index contributed by atoms with van der Waals surface area (Å²) in [5, 5.41) is 9.56. The third-order valence-corrected chi connectivity index (χ3v) is 4.24. The topological polar surface area (TPSA) is 91.8 Å². The number of hydrogen-bond acceptors (Lipinski definition) is 6. The number of pyridine rings is 1. The number of aryl methyl sites for hydroxylation is 1. The normalized spacial score (nSPS) is 13.3. The van der Waals surface area contributed by atoms with E-state index in [9.17, 15) is 4.79 Å². The van der Waals surface area contributed by atoms with Crippen molar-refractivity contribution < 1.29 is 4.79 Å². The van der Waals surface area contributed by atoms with Gasteiger partial charge in [0, 0.05) is 37.8 Å². The Morgan fingerprint density at radius 3 is 2.69 bits per heavy atom. The first-order valence-electron chi connectivity index (χ1n) is 9.12. The Balaban J connectivity index is 1.70. The molecular weight excluding hydrogens is 328 g/mol. The van der Waals surface area contributed by atoms with Gasteiger partial charge in [-0.1, -0.05) is 19.9 Å². The first-order valence-corrected chi connectivity index (χ1v) is 9.12. The van der Waals surface area contributed by atoms with Crippen LogP contribution in [0.2, 0.25) is 0 Å². The van der Waals surface area contributed by atoms with Crippen LogP contribution in [0.5, 0.6) is 0 Å². The zero-order valence-electron chi connectivity index (χ0n) is 15.6. The van der Waals surface area contributed by atoms with Crippen LogP contribution in [-0.4, -0.2) is 40.5 Å². The lowest BCUT2D eigenvalue weighted by Crippen LogP contribution is -2.34. The monoisotopic (exact) mass is 354 g/mol. The average Bonchev–Trinajstić information content (AvgIpc) is 2.60. The molecule has 3 rings (SSSR count). The minimum absolute atomic E-state index is 0.107. The van der Waals surface area contributed by atoms with Gasteiger partial charge >= 0.3 is 0 Å². The number of aromatic nitrogens is 3. The molecule has 7 nitrogen and oxygen atoms in total. The quantitative estimate of drug-likeness (QED) is 0.660. The number of carbonyl (C=O) groups is 1. The van der Waals surface area contributed by atoms with E-state index < -0.39 is 0 Å². The molecule has 2 aromatic heterocycles. The van der Waals surface area contributed by atoms with E-state index in [2.05, 4.69) is 44.7 Å². The molecule has 0 saturated carbocycles. The highest BCUT2D eigenvalue weighted by Crippen LogP contribution is 2.21. The predicted octanol–water partition coefficient (Wildman–Crippen LogP) is 2.19. The molecular formula is C19H26N6O. The van der Waals surface area contributed by atoms with E-state index in [1.807, 2.05) is 19.1 Å². The number of rotatable bonds is 7. The van der Waals surface area contributed by atoms with Crippen LogP contribution in [0.25, 0.3) is 0 Å². The molecule has 0 atom stereocenters. The van der Waals surface area contributed by atoms with E-state index in [4.69, 9.17) is 0 Å². The van der Waals surface area contributed by atoms with Gasteiger partial charge in [-0.3, -0.25) is 4.79 Å². The van der Waals surface area contributed by atoms with Crippen molar-refractivity contribution in [3.8, 4) is 0 Å². The first kappa shape index (κ1) is 18.1. The minimum Gasteiger partial charge on any atom is -0.368 e. The molecule has 7 heteroatoms. The summed E-state index contributed by atoms with van der Waals surface area (Å²) in [6.45, 7) is 8.29. The standard InChI is InChI=1S/C19H26N6O/c1-12(2)11-15-24-16-14(6-8-23-19(16)26)18(25-15)22-10-9-21-17-13(3)5-4-7-20-17/h4-5,7,12H,6,8-11H2,1-3H3,(H,20,21)(H,23,26)(H,22,24,25). The van der Waals surface area contributed by atoms with Crippen molar-refractivity contribution in [1.82, 2.24) is 20.3 Å². The number of amides is 1. The van der Waals surface area contributed by atoms with Crippen LogP contribution >= 0.6 is 0 Å². The molecule has 138 valence electrons. The zero-order chi connectivity index (χ0) is 18.5. The number of carbonyl (C=O) groups excluding carboxylic acids is 1. The van der Waals surface area contributed by atoms with Crippen molar-refractivity contribution in [2.75, 3.05) is 30.3 Å². The zero-order valence-corrected chi connectivity index (χ0v) is 15.6. The van der Waals surface area contributed by atoms with Crippen LogP contribution in [0.15, 0.2) is 18.3 Å². The fourth-order valence-corrected chi connectivity index (χ4v) is 2.97. The van der Waals surface area contributed by atoms with Gasteiger partial charge in [-0.2, -0.15) is 0 Å². The lowest BCUT2D eigenvalue weighted by Gasteiger charge is -2.20. The number of anilines is 2. The van der Waals surface area contributed by atoms with Crippen molar-refractivity contribution >= 4 is 17.5 Å². The summed E-state index contributed by atoms with van der Waals surface area (Å²) in [6, 6.07) is 3.95. The lowest BCUT2D eigenvalue weighted by molar-refractivity contribution is 0.0940. The summed E-state index contributed by atoms with van der Waals surface area (Å²) in [7, 11) is 0. The van der Waals surface area contributed by atoms with Gasteiger partial charge in [-0.25, -0.2) is 15.0 Å². The summed E-state index contributed by atoms with van der Waals surface area (Å²) in [6.07, 6.45) is 3.28. The molecule has 1 aliphatic heterocycles. The molecule has 1 amide bonds. The third kappa shape index (κ3) is 4.28. The van der Waals surface area contributed by atoms with Gasteiger partial charge in [0.25, 0.3) is 5.91 Å². The Morgan fingerprint density at radius 2 is 1.96 bits per heavy atom. The molecule has 1 aliphatic rings. The fraction of sp³-hybridized carbons (Fsp3) is 0.474. The highest BCUT2D eigenvalue weighted by molar-refractivity contribution is 5.96. The molecule has 3 N–H and O–H groups in total. The van der Waals surface area contributed by atoms with E-state index in [-0.39, 0.29) is 5.91 Å². The SMILES string of the molecule is Cc1cccnc1NCCNc1nc(CC(C)C)nc2c1CCNC2=O. The smallest absolute Gasteiger partial charge is 0.270 e. The second-order valence-electron chi connectivity index (χ2n) is 6.94. The maximum atomic E-state index is 12.2. The molecule has 0 unspecified atom stereocenters. The second-order valence-corrected chi connectivity index (χ2v) is 6.94. The molecule has 0 spiro atoms. The Labute approximate surface area is 154 Å². The first-order chi connectivity index (χ1) is 12.5. The summed E-state index contributed by atoms with van der Waals surface area (Å²) in [4.78, 5) is 25.7. The summed E-state index contributed by atoms with van der Waals surface area (Å²) in [5.74, 6) is 2.70. The van der Waals surface area contributed by atoms with Crippen LogP contribution in [0, 0.1) is 12.8 Å². The van der Waals surface area contributed by atoms with Crippen molar-refractivity contribution in [3.63, 3.8) is 0 Å². The van der Waals surface area contributed by atoms with Gasteiger partial charge in [-0.05, 0) is 30.9 Å². The Kier molecular flexibility index (Phi) is 5.65. The Bertz CT molecular complexity index is 790. The molecule has 0 saturated heterocycles. The highest BCUT2D eigenvalue weighted by atomic mass is 16.1. The van der Waals surface area contributed by atoms with Gasteiger partial charge in [0.05, 0.1) is 0 Å².